The van der Waals surface area contributed by atoms with Gasteiger partial charge >= 0.3 is 5.97 Å². The first-order valence-corrected chi connectivity index (χ1v) is 8.57. The van der Waals surface area contributed by atoms with E-state index in [1.165, 1.54) is 14.2 Å². The number of carbonyl (C=O) groups is 1. The summed E-state index contributed by atoms with van der Waals surface area (Å²) in [5.41, 5.74) is 4.08. The summed E-state index contributed by atoms with van der Waals surface area (Å²) in [6.07, 6.45) is 1.63. The highest BCUT2D eigenvalue weighted by molar-refractivity contribution is 5.99. The summed E-state index contributed by atoms with van der Waals surface area (Å²) in [6.45, 7) is 3.79. The first kappa shape index (κ1) is 19.0. The number of rotatable bonds is 5. The van der Waals surface area contributed by atoms with Crippen molar-refractivity contribution in [3.8, 4) is 11.8 Å². The van der Waals surface area contributed by atoms with Gasteiger partial charge in [-0.1, -0.05) is 0 Å². The van der Waals surface area contributed by atoms with Gasteiger partial charge in [-0.2, -0.15) is 10.4 Å². The molecule has 3 rings (SSSR count). The maximum atomic E-state index is 12.5. The predicted molar refractivity (Wildman–Crippen MR) is 105 cm³/mol. The fourth-order valence-corrected chi connectivity index (χ4v) is 3.04. The number of aryl methyl sites for hydroxylation is 2. The van der Waals surface area contributed by atoms with E-state index >= 15 is 0 Å². The molecule has 0 aliphatic heterocycles. The maximum absolute atomic E-state index is 12.5. The lowest BCUT2D eigenvalue weighted by Gasteiger charge is -2.27. The van der Waals surface area contributed by atoms with Crippen molar-refractivity contribution >= 4 is 23.2 Å². The molecule has 7 nitrogen and oxygen atoms in total. The van der Waals surface area contributed by atoms with Crippen LogP contribution in [0.5, 0.6) is 5.75 Å². The van der Waals surface area contributed by atoms with E-state index in [1.54, 1.807) is 30.5 Å². The predicted octanol–water partition coefficient (Wildman–Crippen LogP) is 4.16. The molecule has 2 aromatic carbocycles. The Morgan fingerprint density at radius 1 is 1.11 bits per heavy atom. The van der Waals surface area contributed by atoms with E-state index < -0.39 is 5.97 Å². The molecule has 1 heterocycles. The lowest BCUT2D eigenvalue weighted by atomic mass is 10.0. The van der Waals surface area contributed by atoms with Crippen LogP contribution in [0.2, 0.25) is 0 Å². The number of nitriles is 1. The molecule has 0 saturated heterocycles. The van der Waals surface area contributed by atoms with E-state index in [-0.39, 0.29) is 0 Å². The number of nitrogens with one attached hydrogen (secondary N) is 1. The molecule has 142 valence electrons. The Hall–Kier alpha value is -3.79. The van der Waals surface area contributed by atoms with Crippen LogP contribution < -0.4 is 9.64 Å². The van der Waals surface area contributed by atoms with Crippen molar-refractivity contribution in [2.75, 3.05) is 19.1 Å². The minimum absolute atomic E-state index is 0.345. The zero-order chi connectivity index (χ0) is 20.3. The van der Waals surface area contributed by atoms with Crippen molar-refractivity contribution in [1.82, 2.24) is 10.2 Å². The van der Waals surface area contributed by atoms with Crippen molar-refractivity contribution in [2.45, 2.75) is 13.8 Å². The smallest absolute Gasteiger partial charge is 0.340 e. The Morgan fingerprint density at radius 3 is 2.50 bits per heavy atom. The number of H-pyrrole nitrogens is 1. The van der Waals surface area contributed by atoms with Crippen LogP contribution in [0, 0.1) is 25.2 Å². The second kappa shape index (κ2) is 7.84. The molecule has 0 radical (unpaired) electrons. The maximum Gasteiger partial charge on any atom is 0.340 e. The lowest BCUT2D eigenvalue weighted by molar-refractivity contribution is 0.0601. The largest absolute Gasteiger partial charge is 0.497 e. The molecular weight excluding hydrogens is 356 g/mol. The Morgan fingerprint density at radius 2 is 1.89 bits per heavy atom. The second-order valence-electron chi connectivity index (χ2n) is 6.22. The Labute approximate surface area is 163 Å². The van der Waals surface area contributed by atoms with E-state index in [4.69, 9.17) is 9.47 Å². The van der Waals surface area contributed by atoms with Gasteiger partial charge in [0, 0.05) is 6.07 Å². The molecular formula is C21H20N4O3. The standard InChI is InChI=1S/C21H20N4O3/c1-13-10-19(14(2)9-15(13)12-22)25(20-7-8-23-24-20)18-6-5-16(27-3)11-17(18)21(26)28-4/h5-11H,1-4H3,(H,23,24). The molecule has 1 N–H and O–H groups in total. The molecule has 28 heavy (non-hydrogen) atoms. The van der Waals surface area contributed by atoms with Gasteiger partial charge in [-0.3, -0.25) is 10.00 Å². The molecule has 0 amide bonds. The van der Waals surface area contributed by atoms with Crippen molar-refractivity contribution in [3.63, 3.8) is 0 Å². The third kappa shape index (κ3) is 3.40. The van der Waals surface area contributed by atoms with Gasteiger partial charge in [0.2, 0.25) is 0 Å². The summed E-state index contributed by atoms with van der Waals surface area (Å²) in [5, 5.41) is 16.3. The summed E-state index contributed by atoms with van der Waals surface area (Å²) in [5.74, 6) is 0.727. The van der Waals surface area contributed by atoms with Crippen molar-refractivity contribution < 1.29 is 14.3 Å². The van der Waals surface area contributed by atoms with Gasteiger partial charge in [0.25, 0.3) is 0 Å². The highest BCUT2D eigenvalue weighted by Gasteiger charge is 2.23. The van der Waals surface area contributed by atoms with Gasteiger partial charge in [-0.25, -0.2) is 4.79 Å². The second-order valence-corrected chi connectivity index (χ2v) is 6.22. The number of aromatic amines is 1. The summed E-state index contributed by atoms with van der Waals surface area (Å²) in [6, 6.07) is 13.0. The van der Waals surface area contributed by atoms with E-state index in [9.17, 15) is 10.1 Å². The van der Waals surface area contributed by atoms with Crippen LogP contribution in [0.15, 0.2) is 42.6 Å². The van der Waals surface area contributed by atoms with Crippen LogP contribution in [-0.2, 0) is 4.74 Å². The summed E-state index contributed by atoms with van der Waals surface area (Å²) in [4.78, 5) is 14.4. The first-order chi connectivity index (χ1) is 13.5. The molecule has 0 fully saturated rings. The van der Waals surface area contributed by atoms with Crippen LogP contribution in [0.4, 0.5) is 17.2 Å². The van der Waals surface area contributed by atoms with E-state index in [1.807, 2.05) is 30.9 Å². The van der Waals surface area contributed by atoms with Crippen LogP contribution in [0.1, 0.15) is 27.0 Å². The number of benzene rings is 2. The minimum Gasteiger partial charge on any atom is -0.497 e. The Bertz CT molecular complexity index is 1050. The zero-order valence-electron chi connectivity index (χ0n) is 16.1. The summed E-state index contributed by atoms with van der Waals surface area (Å²) < 4.78 is 10.3. The molecule has 7 heteroatoms. The monoisotopic (exact) mass is 376 g/mol. The number of anilines is 3. The molecule has 3 aromatic rings. The molecule has 0 atom stereocenters. The fraction of sp³-hybridized carbons (Fsp3) is 0.190. The third-order valence-electron chi connectivity index (χ3n) is 4.48. The van der Waals surface area contributed by atoms with E-state index in [2.05, 4.69) is 16.3 Å². The van der Waals surface area contributed by atoms with Crippen molar-refractivity contribution in [1.29, 1.82) is 5.26 Å². The number of hydrogen-bond acceptors (Lipinski definition) is 6. The normalized spacial score (nSPS) is 10.2. The van der Waals surface area contributed by atoms with Crippen molar-refractivity contribution in [2.24, 2.45) is 0 Å². The lowest BCUT2D eigenvalue weighted by Crippen LogP contribution is -2.17. The average Bonchev–Trinajstić information content (AvgIpc) is 3.24. The number of methoxy groups -OCH3 is 2. The van der Waals surface area contributed by atoms with Crippen LogP contribution in [0.25, 0.3) is 0 Å². The highest BCUT2D eigenvalue weighted by atomic mass is 16.5. The molecule has 0 spiro atoms. The molecule has 0 bridgehead atoms. The molecule has 0 saturated carbocycles. The zero-order valence-corrected chi connectivity index (χ0v) is 16.1. The number of aromatic nitrogens is 2. The number of nitrogens with zero attached hydrogens (tertiary/aromatic N) is 3. The Kier molecular flexibility index (Phi) is 5.32. The van der Waals surface area contributed by atoms with Gasteiger partial charge in [0.15, 0.2) is 0 Å². The molecule has 0 aliphatic carbocycles. The minimum atomic E-state index is -0.485. The number of hydrogen-bond donors (Lipinski definition) is 1. The molecule has 0 aliphatic rings. The van der Waals surface area contributed by atoms with Gasteiger partial charge in [0.1, 0.15) is 11.6 Å². The fourth-order valence-electron chi connectivity index (χ4n) is 3.04. The van der Waals surface area contributed by atoms with Gasteiger partial charge < -0.3 is 9.47 Å². The van der Waals surface area contributed by atoms with Crippen molar-refractivity contribution in [3.05, 3.63) is 64.8 Å². The van der Waals surface area contributed by atoms with Gasteiger partial charge in [-0.05, 0) is 55.3 Å². The first-order valence-electron chi connectivity index (χ1n) is 8.57. The quantitative estimate of drug-likeness (QED) is 0.672. The number of carbonyl (C=O) groups excluding carboxylic acids is 1. The number of ether oxygens (including phenoxy) is 2. The van der Waals surface area contributed by atoms with Crippen LogP contribution in [-0.4, -0.2) is 30.4 Å². The molecule has 1 aromatic heterocycles. The van der Waals surface area contributed by atoms with E-state index in [0.717, 1.165) is 16.8 Å². The number of esters is 1. The topological polar surface area (TPSA) is 91.2 Å². The van der Waals surface area contributed by atoms with Gasteiger partial charge in [0.05, 0.1) is 49.0 Å². The van der Waals surface area contributed by atoms with Crippen LogP contribution in [0.3, 0.4) is 0 Å². The summed E-state index contributed by atoms with van der Waals surface area (Å²) >= 11 is 0. The van der Waals surface area contributed by atoms with Crippen LogP contribution >= 0.6 is 0 Å². The SMILES string of the molecule is COC(=O)c1cc(OC)ccc1N(c1ccn[nH]1)c1cc(C)c(C#N)cc1C. The molecule has 0 unspecified atom stereocenters. The summed E-state index contributed by atoms with van der Waals surface area (Å²) in [7, 11) is 2.88. The third-order valence-corrected chi connectivity index (χ3v) is 4.48. The van der Waals surface area contributed by atoms with Gasteiger partial charge in [-0.15, -0.1) is 0 Å². The highest BCUT2D eigenvalue weighted by Crippen LogP contribution is 2.39. The average molecular weight is 376 g/mol. The Balaban J connectivity index is 2.29. The van der Waals surface area contributed by atoms with E-state index in [0.29, 0.717) is 28.4 Å².